The molecular formula is C22H28ClN3O4S. The second-order valence-corrected chi connectivity index (χ2v) is 9.75. The summed E-state index contributed by atoms with van der Waals surface area (Å²) in [6, 6.07) is 12.7. The molecule has 0 saturated carbocycles. The maximum Gasteiger partial charge on any atom is 0.243 e. The van der Waals surface area contributed by atoms with Gasteiger partial charge in [0.05, 0.1) is 11.4 Å². The third-order valence-electron chi connectivity index (χ3n) is 4.95. The molecule has 0 saturated heterocycles. The maximum absolute atomic E-state index is 13.2. The predicted octanol–water partition coefficient (Wildman–Crippen LogP) is 2.82. The summed E-state index contributed by atoms with van der Waals surface area (Å²) in [6.07, 6.45) is 0.394. The van der Waals surface area contributed by atoms with Gasteiger partial charge in [0.1, 0.15) is 6.04 Å². The SMILES string of the molecule is CC[C@@H](C(=O)NC)N(Cc1cccc(C)c1)C(=O)CN(C)S(=O)(=O)c1ccc(Cl)cc1. The van der Waals surface area contributed by atoms with Gasteiger partial charge in [0.25, 0.3) is 0 Å². The first-order chi connectivity index (χ1) is 14.6. The van der Waals surface area contributed by atoms with Crippen molar-refractivity contribution in [2.24, 2.45) is 0 Å². The van der Waals surface area contributed by atoms with Gasteiger partial charge in [-0.15, -0.1) is 0 Å². The van der Waals surface area contributed by atoms with E-state index in [-0.39, 0.29) is 17.3 Å². The number of carbonyl (C=O) groups is 2. The van der Waals surface area contributed by atoms with Gasteiger partial charge in [-0.05, 0) is 43.2 Å². The first-order valence-electron chi connectivity index (χ1n) is 9.88. The minimum Gasteiger partial charge on any atom is -0.357 e. The quantitative estimate of drug-likeness (QED) is 0.617. The van der Waals surface area contributed by atoms with Crippen molar-refractivity contribution in [2.75, 3.05) is 20.6 Å². The number of aryl methyl sites for hydroxylation is 1. The highest BCUT2D eigenvalue weighted by atomic mass is 35.5. The van der Waals surface area contributed by atoms with E-state index >= 15 is 0 Å². The Bertz CT molecular complexity index is 1030. The van der Waals surface area contributed by atoms with Gasteiger partial charge in [-0.1, -0.05) is 48.4 Å². The lowest BCUT2D eigenvalue weighted by Crippen LogP contribution is -2.51. The van der Waals surface area contributed by atoms with Crippen molar-refractivity contribution in [3.05, 3.63) is 64.7 Å². The number of nitrogens with zero attached hydrogens (tertiary/aromatic N) is 2. The summed E-state index contributed by atoms with van der Waals surface area (Å²) in [5.74, 6) is -0.760. The van der Waals surface area contributed by atoms with E-state index in [1.165, 1.54) is 43.3 Å². The molecule has 1 atom stereocenters. The zero-order valence-corrected chi connectivity index (χ0v) is 19.7. The Kier molecular flexibility index (Phi) is 8.61. The van der Waals surface area contributed by atoms with E-state index in [1.807, 2.05) is 38.1 Å². The average Bonchev–Trinajstić information content (AvgIpc) is 2.73. The number of benzene rings is 2. The van der Waals surface area contributed by atoms with Gasteiger partial charge < -0.3 is 10.2 Å². The molecule has 0 fully saturated rings. The lowest BCUT2D eigenvalue weighted by atomic mass is 10.1. The summed E-state index contributed by atoms with van der Waals surface area (Å²) in [5.41, 5.74) is 1.89. The maximum atomic E-state index is 13.2. The van der Waals surface area contributed by atoms with Gasteiger partial charge >= 0.3 is 0 Å². The van der Waals surface area contributed by atoms with Gasteiger partial charge in [0.2, 0.25) is 21.8 Å². The van der Waals surface area contributed by atoms with Crippen LogP contribution in [0.2, 0.25) is 5.02 Å². The van der Waals surface area contributed by atoms with Crippen molar-refractivity contribution in [2.45, 2.75) is 37.8 Å². The molecule has 2 aromatic carbocycles. The fourth-order valence-corrected chi connectivity index (χ4v) is 4.49. The molecule has 168 valence electrons. The van der Waals surface area contributed by atoms with Crippen LogP contribution in [0.15, 0.2) is 53.4 Å². The first-order valence-corrected chi connectivity index (χ1v) is 11.7. The van der Waals surface area contributed by atoms with Gasteiger partial charge in [-0.2, -0.15) is 4.31 Å². The Morgan fingerprint density at radius 3 is 2.32 bits per heavy atom. The molecule has 0 aliphatic carbocycles. The number of rotatable bonds is 9. The summed E-state index contributed by atoms with van der Waals surface area (Å²) in [7, 11) is -1.04. The van der Waals surface area contributed by atoms with Crippen LogP contribution in [0.1, 0.15) is 24.5 Å². The normalized spacial score (nSPS) is 12.5. The molecule has 31 heavy (non-hydrogen) atoms. The number of hydrogen-bond acceptors (Lipinski definition) is 4. The Balaban J connectivity index is 2.30. The Morgan fingerprint density at radius 1 is 1.13 bits per heavy atom. The van der Waals surface area contributed by atoms with Crippen LogP contribution in [0, 0.1) is 6.92 Å². The highest BCUT2D eigenvalue weighted by Crippen LogP contribution is 2.19. The zero-order valence-electron chi connectivity index (χ0n) is 18.1. The van der Waals surface area contributed by atoms with Gasteiger partial charge in [-0.3, -0.25) is 9.59 Å². The summed E-state index contributed by atoms with van der Waals surface area (Å²) in [4.78, 5) is 27.1. The average molecular weight is 466 g/mol. The number of carbonyl (C=O) groups excluding carboxylic acids is 2. The second kappa shape index (κ2) is 10.7. The summed E-state index contributed by atoms with van der Waals surface area (Å²) >= 11 is 5.84. The fraction of sp³-hybridized carbons (Fsp3) is 0.364. The van der Waals surface area contributed by atoms with Crippen molar-refractivity contribution >= 4 is 33.4 Å². The zero-order chi connectivity index (χ0) is 23.2. The number of hydrogen-bond donors (Lipinski definition) is 1. The molecule has 2 amide bonds. The molecule has 0 aliphatic rings. The Labute approximate surface area is 189 Å². The van der Waals surface area contributed by atoms with Gasteiger partial charge in [-0.25, -0.2) is 8.42 Å². The largest absolute Gasteiger partial charge is 0.357 e. The van der Waals surface area contributed by atoms with E-state index < -0.39 is 28.5 Å². The van der Waals surface area contributed by atoms with Crippen molar-refractivity contribution in [3.63, 3.8) is 0 Å². The van der Waals surface area contributed by atoms with Crippen LogP contribution < -0.4 is 5.32 Å². The van der Waals surface area contributed by atoms with Crippen LogP contribution in [0.5, 0.6) is 0 Å². The van der Waals surface area contributed by atoms with Crippen LogP contribution in [0.4, 0.5) is 0 Å². The molecule has 0 heterocycles. The molecule has 0 aromatic heterocycles. The number of sulfonamides is 1. The number of halogens is 1. The van der Waals surface area contributed by atoms with Crippen LogP contribution in [-0.4, -0.2) is 56.1 Å². The Hall–Kier alpha value is -2.42. The molecule has 0 unspecified atom stereocenters. The van der Waals surface area contributed by atoms with Gasteiger partial charge in [0, 0.05) is 25.7 Å². The number of amides is 2. The first kappa shape index (κ1) is 24.8. The molecule has 7 nitrogen and oxygen atoms in total. The molecule has 2 aromatic rings. The van der Waals surface area contributed by atoms with Crippen molar-refractivity contribution < 1.29 is 18.0 Å². The monoisotopic (exact) mass is 465 g/mol. The predicted molar refractivity (Wildman–Crippen MR) is 121 cm³/mol. The molecular weight excluding hydrogens is 438 g/mol. The van der Waals surface area contributed by atoms with E-state index in [9.17, 15) is 18.0 Å². The molecule has 1 N–H and O–H groups in total. The smallest absolute Gasteiger partial charge is 0.243 e. The second-order valence-electron chi connectivity index (χ2n) is 7.26. The molecule has 0 bridgehead atoms. The van der Waals surface area contributed by atoms with E-state index in [0.29, 0.717) is 11.4 Å². The molecule has 9 heteroatoms. The van der Waals surface area contributed by atoms with Gasteiger partial charge in [0.15, 0.2) is 0 Å². The minimum atomic E-state index is -3.90. The lowest BCUT2D eigenvalue weighted by molar-refractivity contribution is -0.141. The van der Waals surface area contributed by atoms with Crippen molar-refractivity contribution in [1.82, 2.24) is 14.5 Å². The van der Waals surface area contributed by atoms with Crippen molar-refractivity contribution in [1.29, 1.82) is 0 Å². The van der Waals surface area contributed by atoms with Crippen LogP contribution >= 0.6 is 11.6 Å². The van der Waals surface area contributed by atoms with Crippen LogP contribution in [-0.2, 0) is 26.2 Å². The van der Waals surface area contributed by atoms with E-state index in [2.05, 4.69) is 5.32 Å². The lowest BCUT2D eigenvalue weighted by Gasteiger charge is -2.31. The number of nitrogens with one attached hydrogen (secondary N) is 1. The molecule has 0 radical (unpaired) electrons. The van der Waals surface area contributed by atoms with E-state index in [1.54, 1.807) is 0 Å². The summed E-state index contributed by atoms with van der Waals surface area (Å²) in [6.45, 7) is 3.55. The van der Waals surface area contributed by atoms with E-state index in [0.717, 1.165) is 15.4 Å². The molecule has 0 spiro atoms. The minimum absolute atomic E-state index is 0.0378. The molecule has 0 aliphatic heterocycles. The third kappa shape index (κ3) is 6.29. The summed E-state index contributed by atoms with van der Waals surface area (Å²) in [5, 5.41) is 3.00. The standard InChI is InChI=1S/C22H28ClN3O4S/c1-5-20(22(28)24-3)26(14-17-8-6-7-16(2)13-17)21(27)15-25(4)31(29,30)19-11-9-18(23)10-12-19/h6-13,20H,5,14-15H2,1-4H3,(H,24,28)/t20-/m0/s1. The molecule has 2 rings (SSSR count). The van der Waals surface area contributed by atoms with Crippen molar-refractivity contribution in [3.8, 4) is 0 Å². The summed E-state index contributed by atoms with van der Waals surface area (Å²) < 4.78 is 26.7. The van der Waals surface area contributed by atoms with Crippen LogP contribution in [0.25, 0.3) is 0 Å². The fourth-order valence-electron chi connectivity index (χ4n) is 3.25. The van der Waals surface area contributed by atoms with Crippen LogP contribution in [0.3, 0.4) is 0 Å². The highest BCUT2D eigenvalue weighted by Gasteiger charge is 2.31. The topological polar surface area (TPSA) is 86.8 Å². The van der Waals surface area contributed by atoms with E-state index in [4.69, 9.17) is 11.6 Å². The highest BCUT2D eigenvalue weighted by molar-refractivity contribution is 7.89. The Morgan fingerprint density at radius 2 is 1.77 bits per heavy atom. The number of likely N-dealkylation sites (N-methyl/N-ethyl adjacent to an activating group) is 2. The third-order valence-corrected chi connectivity index (χ3v) is 7.02.